The van der Waals surface area contributed by atoms with Crippen LogP contribution in [-0.2, 0) is 27.7 Å². The van der Waals surface area contributed by atoms with E-state index in [0.29, 0.717) is 30.8 Å². The fourth-order valence-corrected chi connectivity index (χ4v) is 4.46. The largest absolute Gasteiger partial charge is 0.350 e. The number of carbonyl (C=O) groups is 1. The Balaban J connectivity index is 1.47. The van der Waals surface area contributed by atoms with Gasteiger partial charge in [-0.15, -0.1) is 0 Å². The van der Waals surface area contributed by atoms with E-state index in [2.05, 4.69) is 10.0 Å². The molecule has 1 atom stereocenters. The summed E-state index contributed by atoms with van der Waals surface area (Å²) >= 11 is 5.90. The van der Waals surface area contributed by atoms with Crippen molar-refractivity contribution in [2.45, 2.75) is 37.1 Å². The molecule has 0 fully saturated rings. The van der Waals surface area contributed by atoms with Crippen LogP contribution in [0.25, 0.3) is 0 Å². The Morgan fingerprint density at radius 1 is 0.875 bits per heavy atom. The minimum Gasteiger partial charge on any atom is -0.350 e. The molecule has 0 aromatic heterocycles. The van der Waals surface area contributed by atoms with Crippen LogP contribution >= 0.6 is 11.6 Å². The fourth-order valence-electron chi connectivity index (χ4n) is 3.30. The molecule has 0 saturated heterocycles. The molecule has 0 bridgehead atoms. The molecule has 3 rings (SSSR count). The molecule has 5 nitrogen and oxygen atoms in total. The lowest BCUT2D eigenvalue weighted by atomic mass is 10.1. The lowest BCUT2D eigenvalue weighted by Crippen LogP contribution is -2.27. The average molecular weight is 471 g/mol. The van der Waals surface area contributed by atoms with Crippen LogP contribution in [-0.4, -0.2) is 20.9 Å². The highest BCUT2D eigenvalue weighted by Gasteiger charge is 2.14. The van der Waals surface area contributed by atoms with Crippen LogP contribution in [0, 0.1) is 0 Å². The molecule has 3 aromatic rings. The van der Waals surface area contributed by atoms with Gasteiger partial charge < -0.3 is 5.32 Å². The fraction of sp³-hybridized carbons (Fsp3) is 0.240. The lowest BCUT2D eigenvalue weighted by Gasteiger charge is -2.14. The molecule has 7 heteroatoms. The summed E-state index contributed by atoms with van der Waals surface area (Å²) in [6, 6.07) is 23.6. The number of amides is 1. The third-order valence-corrected chi connectivity index (χ3v) is 6.90. The molecule has 0 saturated carbocycles. The van der Waals surface area contributed by atoms with Gasteiger partial charge in [0.15, 0.2) is 0 Å². The molecule has 0 radical (unpaired) electrons. The Hall–Kier alpha value is -2.67. The van der Waals surface area contributed by atoms with E-state index in [4.69, 9.17) is 11.6 Å². The lowest BCUT2D eigenvalue weighted by molar-refractivity contribution is -0.121. The van der Waals surface area contributed by atoms with Crippen molar-refractivity contribution < 1.29 is 13.2 Å². The summed E-state index contributed by atoms with van der Waals surface area (Å²) in [6.07, 6.45) is 1.47. The molecule has 0 spiro atoms. The zero-order chi connectivity index (χ0) is 23.0. The Kier molecular flexibility index (Phi) is 8.45. The van der Waals surface area contributed by atoms with Crippen LogP contribution in [0.1, 0.15) is 36.1 Å². The number of halogens is 1. The normalized spacial score (nSPS) is 12.3. The summed E-state index contributed by atoms with van der Waals surface area (Å²) in [7, 11) is -3.57. The average Bonchev–Trinajstić information content (AvgIpc) is 2.79. The molecule has 3 aromatic carbocycles. The first-order valence-electron chi connectivity index (χ1n) is 10.5. The van der Waals surface area contributed by atoms with Crippen molar-refractivity contribution in [3.8, 4) is 0 Å². The van der Waals surface area contributed by atoms with Crippen LogP contribution in [0.2, 0.25) is 5.02 Å². The maximum absolute atomic E-state index is 12.5. The number of rotatable bonds is 10. The van der Waals surface area contributed by atoms with Crippen LogP contribution in [0.3, 0.4) is 0 Å². The van der Waals surface area contributed by atoms with Gasteiger partial charge in [0.25, 0.3) is 0 Å². The second-order valence-corrected chi connectivity index (χ2v) is 9.82. The Labute approximate surface area is 194 Å². The zero-order valence-electron chi connectivity index (χ0n) is 17.9. The highest BCUT2D eigenvalue weighted by molar-refractivity contribution is 7.89. The third kappa shape index (κ3) is 7.19. The first kappa shape index (κ1) is 24.0. The summed E-state index contributed by atoms with van der Waals surface area (Å²) < 4.78 is 27.6. The molecule has 0 aliphatic carbocycles. The van der Waals surface area contributed by atoms with Gasteiger partial charge in [0.05, 0.1) is 10.9 Å². The van der Waals surface area contributed by atoms with Crippen molar-refractivity contribution in [2.75, 3.05) is 6.54 Å². The minimum atomic E-state index is -3.57. The van der Waals surface area contributed by atoms with Crippen molar-refractivity contribution in [1.82, 2.24) is 10.0 Å². The van der Waals surface area contributed by atoms with Crippen molar-refractivity contribution in [3.63, 3.8) is 0 Å². The second kappa shape index (κ2) is 11.3. The maximum atomic E-state index is 12.5. The minimum absolute atomic E-state index is 0.0632. The summed E-state index contributed by atoms with van der Waals surface area (Å²) in [5, 5.41) is 3.63. The third-order valence-electron chi connectivity index (χ3n) is 5.17. The smallest absolute Gasteiger partial charge is 0.240 e. The van der Waals surface area contributed by atoms with Gasteiger partial charge in [0.2, 0.25) is 15.9 Å². The molecule has 168 valence electrons. The van der Waals surface area contributed by atoms with Gasteiger partial charge in [-0.2, -0.15) is 0 Å². The topological polar surface area (TPSA) is 75.3 Å². The number of nitrogens with one attached hydrogen (secondary N) is 2. The number of sulfonamides is 1. The first-order chi connectivity index (χ1) is 15.3. The Morgan fingerprint density at radius 3 is 2.16 bits per heavy atom. The van der Waals surface area contributed by atoms with Crippen LogP contribution < -0.4 is 10.0 Å². The highest BCUT2D eigenvalue weighted by atomic mass is 35.5. The molecular weight excluding hydrogens is 444 g/mol. The predicted octanol–water partition coefficient (Wildman–Crippen LogP) is 4.67. The summed E-state index contributed by atoms with van der Waals surface area (Å²) in [5.74, 6) is -0.0632. The Bertz CT molecular complexity index is 1120. The standard InChI is InChI=1S/C25H27ClN2O3S/c1-19(22-10-12-23(26)13-11-22)28-25(29)16-9-21-7-14-24(15-8-21)32(30,31)27-18-17-20-5-3-2-4-6-20/h2-8,10-15,19,27H,9,16-18H2,1H3,(H,28,29)/t19-/m0/s1. The number of aryl methyl sites for hydroxylation is 1. The van der Waals surface area contributed by atoms with Gasteiger partial charge >= 0.3 is 0 Å². The van der Waals surface area contributed by atoms with Gasteiger partial charge in [0, 0.05) is 18.0 Å². The SMILES string of the molecule is C[C@H](NC(=O)CCc1ccc(S(=O)(=O)NCCc2ccccc2)cc1)c1ccc(Cl)cc1. The van der Waals surface area contributed by atoms with E-state index in [9.17, 15) is 13.2 Å². The van der Waals surface area contributed by atoms with Crippen molar-refractivity contribution in [3.05, 3.63) is 101 Å². The molecule has 0 unspecified atom stereocenters. The number of hydrogen-bond donors (Lipinski definition) is 2. The monoisotopic (exact) mass is 470 g/mol. The van der Waals surface area contributed by atoms with E-state index in [0.717, 1.165) is 16.7 Å². The summed E-state index contributed by atoms with van der Waals surface area (Å²) in [5.41, 5.74) is 2.97. The van der Waals surface area contributed by atoms with Gasteiger partial charge in [-0.3, -0.25) is 4.79 Å². The first-order valence-corrected chi connectivity index (χ1v) is 12.4. The second-order valence-electron chi connectivity index (χ2n) is 7.62. The summed E-state index contributed by atoms with van der Waals surface area (Å²) in [4.78, 5) is 12.5. The zero-order valence-corrected chi connectivity index (χ0v) is 19.5. The van der Waals surface area contributed by atoms with Crippen LogP contribution in [0.15, 0.2) is 83.8 Å². The van der Waals surface area contributed by atoms with Crippen molar-refractivity contribution >= 4 is 27.5 Å². The quantitative estimate of drug-likeness (QED) is 0.452. The molecule has 0 heterocycles. The van der Waals surface area contributed by atoms with E-state index in [1.54, 1.807) is 36.4 Å². The van der Waals surface area contributed by atoms with Crippen LogP contribution in [0.5, 0.6) is 0 Å². The highest BCUT2D eigenvalue weighted by Crippen LogP contribution is 2.17. The van der Waals surface area contributed by atoms with E-state index < -0.39 is 10.0 Å². The van der Waals surface area contributed by atoms with Gasteiger partial charge in [0.1, 0.15) is 0 Å². The molecule has 2 N–H and O–H groups in total. The number of benzene rings is 3. The number of carbonyl (C=O) groups excluding carboxylic acids is 1. The molecule has 1 amide bonds. The van der Waals surface area contributed by atoms with Crippen molar-refractivity contribution in [1.29, 1.82) is 0 Å². The van der Waals surface area contributed by atoms with Crippen LogP contribution in [0.4, 0.5) is 0 Å². The maximum Gasteiger partial charge on any atom is 0.240 e. The van der Waals surface area contributed by atoms with Crippen molar-refractivity contribution in [2.24, 2.45) is 0 Å². The number of hydrogen-bond acceptors (Lipinski definition) is 3. The van der Waals surface area contributed by atoms with Gasteiger partial charge in [-0.1, -0.05) is 66.2 Å². The van der Waals surface area contributed by atoms with Gasteiger partial charge in [-0.25, -0.2) is 13.1 Å². The Morgan fingerprint density at radius 2 is 1.50 bits per heavy atom. The molecule has 32 heavy (non-hydrogen) atoms. The molecular formula is C25H27ClN2O3S. The van der Waals surface area contributed by atoms with E-state index in [1.807, 2.05) is 49.4 Å². The van der Waals surface area contributed by atoms with E-state index in [1.165, 1.54) is 0 Å². The molecule has 0 aliphatic rings. The molecule has 0 aliphatic heterocycles. The summed E-state index contributed by atoms with van der Waals surface area (Å²) in [6.45, 7) is 2.26. The van der Waals surface area contributed by atoms with Gasteiger partial charge in [-0.05, 0) is 60.7 Å². The van der Waals surface area contributed by atoms with E-state index >= 15 is 0 Å². The predicted molar refractivity (Wildman–Crippen MR) is 128 cm³/mol. The van der Waals surface area contributed by atoms with E-state index in [-0.39, 0.29) is 16.8 Å².